The van der Waals surface area contributed by atoms with E-state index in [0.29, 0.717) is 16.9 Å². The number of Topliss-reactive ketones (excluding diaryl/α,β-unsaturated/α-hetero) is 1. The van der Waals surface area contributed by atoms with E-state index in [2.05, 4.69) is 20.8 Å². The van der Waals surface area contributed by atoms with Crippen molar-refractivity contribution in [2.75, 3.05) is 5.73 Å². The maximum Gasteiger partial charge on any atom is 0.166 e. The highest BCUT2D eigenvalue weighted by atomic mass is 19.1. The molecule has 110 valence electrons. The Balaban J connectivity index is 2.03. The van der Waals surface area contributed by atoms with Crippen molar-refractivity contribution in [3.63, 3.8) is 0 Å². The van der Waals surface area contributed by atoms with Crippen molar-refractivity contribution in [3.05, 3.63) is 29.6 Å². The number of halogens is 1. The fraction of sp³-hybridized carbons (Fsp3) is 0.588. The molecule has 1 aromatic carbocycles. The molecule has 2 rings (SSSR count). The Morgan fingerprint density at radius 1 is 1.20 bits per heavy atom. The monoisotopic (exact) mass is 277 g/mol. The Labute approximate surface area is 120 Å². The molecule has 20 heavy (non-hydrogen) atoms. The number of carbonyl (C=O) groups is 1. The van der Waals surface area contributed by atoms with Crippen molar-refractivity contribution in [2.24, 2.45) is 17.3 Å². The molecule has 0 bridgehead atoms. The summed E-state index contributed by atoms with van der Waals surface area (Å²) in [4.78, 5) is 12.4. The summed E-state index contributed by atoms with van der Waals surface area (Å²) in [6.45, 7) is 6.78. The molecule has 0 aliphatic heterocycles. The summed E-state index contributed by atoms with van der Waals surface area (Å²) in [7, 11) is 0. The van der Waals surface area contributed by atoms with Crippen LogP contribution < -0.4 is 5.73 Å². The molecule has 3 heteroatoms. The van der Waals surface area contributed by atoms with Gasteiger partial charge in [-0.3, -0.25) is 4.79 Å². The molecule has 0 heterocycles. The first-order valence-corrected chi connectivity index (χ1v) is 7.38. The van der Waals surface area contributed by atoms with E-state index < -0.39 is 5.82 Å². The standard InChI is InChI=1S/C17H24FNO/c1-17(2,3)13-7-4-11(5-8-13)16(20)12-6-9-15(19)14(18)10-12/h6,9-11,13H,4-5,7-8,19H2,1-3H3. The van der Waals surface area contributed by atoms with E-state index in [9.17, 15) is 9.18 Å². The van der Waals surface area contributed by atoms with Crippen LogP contribution in [-0.2, 0) is 0 Å². The van der Waals surface area contributed by atoms with Crippen LogP contribution in [0.1, 0.15) is 56.8 Å². The molecule has 2 N–H and O–H groups in total. The van der Waals surface area contributed by atoms with Crippen LogP contribution in [0.3, 0.4) is 0 Å². The van der Waals surface area contributed by atoms with Gasteiger partial charge in [0.1, 0.15) is 5.82 Å². The first kappa shape index (κ1) is 15.0. The van der Waals surface area contributed by atoms with Gasteiger partial charge in [0.05, 0.1) is 5.69 Å². The van der Waals surface area contributed by atoms with Crippen molar-refractivity contribution in [1.82, 2.24) is 0 Å². The SMILES string of the molecule is CC(C)(C)C1CCC(C(=O)c2ccc(N)c(F)c2)CC1. The van der Waals surface area contributed by atoms with Crippen LogP contribution in [0.2, 0.25) is 0 Å². The van der Waals surface area contributed by atoms with Gasteiger partial charge in [-0.1, -0.05) is 20.8 Å². The molecule has 0 atom stereocenters. The van der Waals surface area contributed by atoms with E-state index >= 15 is 0 Å². The smallest absolute Gasteiger partial charge is 0.166 e. The summed E-state index contributed by atoms with van der Waals surface area (Å²) in [5.41, 5.74) is 6.30. The molecule has 0 saturated heterocycles. The van der Waals surface area contributed by atoms with Gasteiger partial charge in [0.15, 0.2) is 5.78 Å². The van der Waals surface area contributed by atoms with Crippen LogP contribution in [0.4, 0.5) is 10.1 Å². The van der Waals surface area contributed by atoms with Crippen LogP contribution in [-0.4, -0.2) is 5.78 Å². The van der Waals surface area contributed by atoms with Gasteiger partial charge in [-0.05, 0) is 55.2 Å². The normalized spacial score (nSPS) is 23.6. The minimum absolute atomic E-state index is 0.0385. The van der Waals surface area contributed by atoms with E-state index in [0.717, 1.165) is 25.7 Å². The highest BCUT2D eigenvalue weighted by Gasteiger charge is 2.32. The molecule has 0 amide bonds. The number of hydrogen-bond acceptors (Lipinski definition) is 2. The molecule has 0 unspecified atom stereocenters. The maximum atomic E-state index is 13.4. The van der Waals surface area contributed by atoms with Gasteiger partial charge in [0.25, 0.3) is 0 Å². The quantitative estimate of drug-likeness (QED) is 0.641. The fourth-order valence-corrected chi connectivity index (χ4v) is 3.14. The van der Waals surface area contributed by atoms with Gasteiger partial charge in [0, 0.05) is 11.5 Å². The number of carbonyl (C=O) groups excluding carboxylic acids is 1. The number of hydrogen-bond donors (Lipinski definition) is 1. The molecule has 1 aliphatic rings. The lowest BCUT2D eigenvalue weighted by atomic mass is 9.69. The van der Waals surface area contributed by atoms with Gasteiger partial charge < -0.3 is 5.73 Å². The molecular weight excluding hydrogens is 253 g/mol. The Kier molecular flexibility index (Phi) is 4.17. The van der Waals surface area contributed by atoms with Crippen LogP contribution in [0.5, 0.6) is 0 Å². The zero-order valence-electron chi connectivity index (χ0n) is 12.6. The summed E-state index contributed by atoms with van der Waals surface area (Å²) >= 11 is 0. The van der Waals surface area contributed by atoms with Gasteiger partial charge in [0.2, 0.25) is 0 Å². The molecule has 0 aromatic heterocycles. The zero-order chi connectivity index (χ0) is 14.9. The Hall–Kier alpha value is -1.38. The largest absolute Gasteiger partial charge is 0.396 e. The average molecular weight is 277 g/mol. The lowest BCUT2D eigenvalue weighted by Gasteiger charge is -2.36. The summed E-state index contributed by atoms with van der Waals surface area (Å²) in [5.74, 6) is 0.279. The molecule has 1 aliphatic carbocycles. The number of anilines is 1. The van der Waals surface area contributed by atoms with Gasteiger partial charge >= 0.3 is 0 Å². The van der Waals surface area contributed by atoms with Crippen LogP contribution in [0, 0.1) is 23.1 Å². The third-order valence-corrected chi connectivity index (χ3v) is 4.61. The fourth-order valence-electron chi connectivity index (χ4n) is 3.14. The van der Waals surface area contributed by atoms with E-state index in [1.54, 1.807) is 6.07 Å². The Morgan fingerprint density at radius 2 is 1.80 bits per heavy atom. The molecule has 1 fully saturated rings. The van der Waals surface area contributed by atoms with Crippen LogP contribution in [0.25, 0.3) is 0 Å². The third-order valence-electron chi connectivity index (χ3n) is 4.61. The van der Waals surface area contributed by atoms with E-state index in [-0.39, 0.29) is 17.4 Å². The topological polar surface area (TPSA) is 43.1 Å². The summed E-state index contributed by atoms with van der Waals surface area (Å²) in [5, 5.41) is 0. The van der Waals surface area contributed by atoms with Crippen molar-refractivity contribution in [1.29, 1.82) is 0 Å². The number of nitrogen functional groups attached to an aromatic ring is 1. The average Bonchev–Trinajstić information content (AvgIpc) is 2.40. The van der Waals surface area contributed by atoms with Crippen molar-refractivity contribution in [2.45, 2.75) is 46.5 Å². The highest BCUT2D eigenvalue weighted by molar-refractivity contribution is 5.98. The maximum absolute atomic E-state index is 13.4. The van der Waals surface area contributed by atoms with E-state index in [4.69, 9.17) is 5.73 Å². The second-order valence-corrected chi connectivity index (χ2v) is 7.02. The number of nitrogens with two attached hydrogens (primary N) is 1. The molecule has 1 aromatic rings. The lowest BCUT2D eigenvalue weighted by Crippen LogP contribution is -2.28. The molecule has 1 saturated carbocycles. The van der Waals surface area contributed by atoms with Crippen molar-refractivity contribution in [3.8, 4) is 0 Å². The van der Waals surface area contributed by atoms with Gasteiger partial charge in [-0.2, -0.15) is 0 Å². The summed E-state index contributed by atoms with van der Waals surface area (Å²) in [6.07, 6.45) is 3.98. The second-order valence-electron chi connectivity index (χ2n) is 7.02. The second kappa shape index (κ2) is 5.55. The number of ketones is 1. The molecule has 2 nitrogen and oxygen atoms in total. The van der Waals surface area contributed by atoms with Crippen molar-refractivity contribution < 1.29 is 9.18 Å². The summed E-state index contributed by atoms with van der Waals surface area (Å²) in [6, 6.07) is 4.38. The molecule has 0 radical (unpaired) electrons. The third kappa shape index (κ3) is 3.20. The van der Waals surface area contributed by atoms with Gasteiger partial charge in [-0.25, -0.2) is 4.39 Å². The Bertz CT molecular complexity index is 496. The van der Waals surface area contributed by atoms with E-state index in [1.165, 1.54) is 12.1 Å². The predicted molar refractivity (Wildman–Crippen MR) is 80.0 cm³/mol. The Morgan fingerprint density at radius 3 is 2.30 bits per heavy atom. The van der Waals surface area contributed by atoms with Crippen LogP contribution in [0.15, 0.2) is 18.2 Å². The minimum Gasteiger partial charge on any atom is -0.396 e. The molecular formula is C17H24FNO. The number of benzene rings is 1. The van der Waals surface area contributed by atoms with E-state index in [1.807, 2.05) is 0 Å². The molecule has 0 spiro atoms. The number of rotatable bonds is 2. The van der Waals surface area contributed by atoms with Crippen molar-refractivity contribution >= 4 is 11.5 Å². The first-order valence-electron chi connectivity index (χ1n) is 7.38. The summed E-state index contributed by atoms with van der Waals surface area (Å²) < 4.78 is 13.4. The lowest BCUT2D eigenvalue weighted by molar-refractivity contribution is 0.0819. The van der Waals surface area contributed by atoms with Gasteiger partial charge in [-0.15, -0.1) is 0 Å². The minimum atomic E-state index is -0.501. The zero-order valence-corrected chi connectivity index (χ0v) is 12.6. The predicted octanol–water partition coefficient (Wildman–Crippen LogP) is 4.44. The first-order chi connectivity index (χ1) is 9.29. The highest BCUT2D eigenvalue weighted by Crippen LogP contribution is 2.40. The van der Waals surface area contributed by atoms with Crippen LogP contribution >= 0.6 is 0 Å².